The number of pyridine rings is 1. The van der Waals surface area contributed by atoms with Crippen molar-refractivity contribution < 1.29 is 27.2 Å². The van der Waals surface area contributed by atoms with Crippen LogP contribution < -0.4 is 10.9 Å². The van der Waals surface area contributed by atoms with Gasteiger partial charge in [-0.3, -0.25) is 14.4 Å². The van der Waals surface area contributed by atoms with Crippen LogP contribution in [0.1, 0.15) is 36.9 Å². The minimum absolute atomic E-state index is 0.142. The molecule has 0 bridgehead atoms. The first-order chi connectivity index (χ1) is 16.0. The molecule has 1 atom stereocenters. The molecule has 34 heavy (non-hydrogen) atoms. The van der Waals surface area contributed by atoms with Gasteiger partial charge in [0.25, 0.3) is 5.56 Å². The maximum atomic E-state index is 14.1. The first-order valence-corrected chi connectivity index (χ1v) is 10.5. The second kappa shape index (κ2) is 10.0. The number of hydrogen-bond donors (Lipinski definition) is 1. The van der Waals surface area contributed by atoms with Crippen molar-refractivity contribution in [2.45, 2.75) is 38.4 Å². The third kappa shape index (κ3) is 5.24. The van der Waals surface area contributed by atoms with Gasteiger partial charge in [0.1, 0.15) is 5.82 Å². The van der Waals surface area contributed by atoms with Crippen molar-refractivity contribution in [2.24, 2.45) is 0 Å². The highest BCUT2D eigenvalue weighted by atomic mass is 19.4. The number of nitrogens with one attached hydrogen (secondary N) is 1. The molecule has 3 aromatic rings. The standard InChI is InChI=1S/C25H22F4N2O3/c1-3-4-11-22(32)15(2)31-13-12-16-17(24(31)34)7-5-10-21(16)30-23(33)14-18-19(25(27,28)29)8-6-9-20(18)26/h3,5-10,12-13,15H,1,4,11,14H2,2H3,(H,30,33)/t15-/m1/s1. The topological polar surface area (TPSA) is 68.2 Å². The summed E-state index contributed by atoms with van der Waals surface area (Å²) >= 11 is 0. The van der Waals surface area contributed by atoms with E-state index in [1.165, 1.54) is 35.0 Å². The van der Waals surface area contributed by atoms with E-state index >= 15 is 0 Å². The molecule has 0 fully saturated rings. The second-order valence-electron chi connectivity index (χ2n) is 7.75. The van der Waals surface area contributed by atoms with Crippen LogP contribution in [0.5, 0.6) is 0 Å². The lowest BCUT2D eigenvalue weighted by Crippen LogP contribution is -2.28. The second-order valence-corrected chi connectivity index (χ2v) is 7.75. The molecule has 0 unspecified atom stereocenters. The van der Waals surface area contributed by atoms with Crippen LogP contribution in [0.3, 0.4) is 0 Å². The summed E-state index contributed by atoms with van der Waals surface area (Å²) in [6.07, 6.45) is -1.90. The zero-order chi connectivity index (χ0) is 25.0. The number of carbonyl (C=O) groups is 2. The number of aromatic nitrogens is 1. The normalized spacial score (nSPS) is 12.4. The number of anilines is 1. The molecule has 0 aliphatic rings. The number of fused-ring (bicyclic) bond motifs is 1. The monoisotopic (exact) mass is 474 g/mol. The quantitative estimate of drug-likeness (QED) is 0.349. The Morgan fingerprint density at radius 1 is 1.12 bits per heavy atom. The number of Topliss-reactive ketones (excluding diaryl/α,β-unsaturated/α-hetero) is 1. The number of nitrogens with zero attached hydrogens (tertiary/aromatic N) is 1. The van der Waals surface area contributed by atoms with E-state index in [1.807, 2.05) is 0 Å². The van der Waals surface area contributed by atoms with Crippen LogP contribution in [-0.2, 0) is 22.2 Å². The fourth-order valence-electron chi connectivity index (χ4n) is 3.67. The lowest BCUT2D eigenvalue weighted by molar-refractivity contribution is -0.138. The van der Waals surface area contributed by atoms with E-state index in [9.17, 15) is 31.9 Å². The van der Waals surface area contributed by atoms with E-state index in [2.05, 4.69) is 11.9 Å². The minimum Gasteiger partial charge on any atom is -0.325 e. The van der Waals surface area contributed by atoms with Gasteiger partial charge in [0, 0.05) is 34.6 Å². The summed E-state index contributed by atoms with van der Waals surface area (Å²) in [5, 5.41) is 3.02. The largest absolute Gasteiger partial charge is 0.416 e. The first kappa shape index (κ1) is 24.9. The highest BCUT2D eigenvalue weighted by Gasteiger charge is 2.35. The third-order valence-corrected chi connectivity index (χ3v) is 5.49. The molecule has 1 amide bonds. The first-order valence-electron chi connectivity index (χ1n) is 10.5. The number of halogens is 4. The molecule has 0 saturated heterocycles. The van der Waals surface area contributed by atoms with Crippen LogP contribution in [0.4, 0.5) is 23.2 Å². The third-order valence-electron chi connectivity index (χ3n) is 5.49. The Morgan fingerprint density at radius 3 is 2.50 bits per heavy atom. The van der Waals surface area contributed by atoms with E-state index in [0.29, 0.717) is 17.9 Å². The number of hydrogen-bond acceptors (Lipinski definition) is 3. The molecule has 5 nitrogen and oxygen atoms in total. The molecule has 0 aliphatic heterocycles. The molecule has 1 aromatic heterocycles. The fourth-order valence-corrected chi connectivity index (χ4v) is 3.67. The van der Waals surface area contributed by atoms with Gasteiger partial charge in [-0.2, -0.15) is 13.2 Å². The number of benzene rings is 2. The Labute approximate surface area is 192 Å². The van der Waals surface area contributed by atoms with Gasteiger partial charge in [-0.1, -0.05) is 18.2 Å². The molecular formula is C25H22F4N2O3. The lowest BCUT2D eigenvalue weighted by atomic mass is 10.0. The van der Waals surface area contributed by atoms with Crippen LogP contribution in [0.25, 0.3) is 10.8 Å². The van der Waals surface area contributed by atoms with E-state index in [4.69, 9.17) is 0 Å². The van der Waals surface area contributed by atoms with Crippen molar-refractivity contribution in [3.63, 3.8) is 0 Å². The van der Waals surface area contributed by atoms with E-state index in [1.54, 1.807) is 13.0 Å². The zero-order valence-corrected chi connectivity index (χ0v) is 18.3. The molecule has 0 aliphatic carbocycles. The molecule has 9 heteroatoms. The van der Waals surface area contributed by atoms with Gasteiger partial charge in [-0.25, -0.2) is 4.39 Å². The van der Waals surface area contributed by atoms with Gasteiger partial charge in [0.05, 0.1) is 18.0 Å². The number of amides is 1. The maximum Gasteiger partial charge on any atom is 0.416 e. The maximum absolute atomic E-state index is 14.1. The van der Waals surface area contributed by atoms with Crippen molar-refractivity contribution in [2.75, 3.05) is 5.32 Å². The van der Waals surface area contributed by atoms with E-state index < -0.39 is 47.0 Å². The summed E-state index contributed by atoms with van der Waals surface area (Å²) in [6.45, 7) is 5.18. The summed E-state index contributed by atoms with van der Waals surface area (Å²) in [5.74, 6) is -2.16. The summed E-state index contributed by atoms with van der Waals surface area (Å²) in [7, 11) is 0. The summed E-state index contributed by atoms with van der Waals surface area (Å²) in [5.41, 5.74) is -2.26. The van der Waals surface area contributed by atoms with Crippen molar-refractivity contribution in [1.82, 2.24) is 4.57 Å². The Hall–Kier alpha value is -3.75. The minimum atomic E-state index is -4.82. The number of ketones is 1. The predicted octanol–water partition coefficient (Wildman–Crippen LogP) is 5.44. The number of alkyl halides is 3. The average molecular weight is 474 g/mol. The molecular weight excluding hydrogens is 452 g/mol. The van der Waals surface area contributed by atoms with Crippen molar-refractivity contribution >= 4 is 28.2 Å². The molecule has 0 radical (unpaired) electrons. The Morgan fingerprint density at radius 2 is 1.82 bits per heavy atom. The Balaban J connectivity index is 1.90. The van der Waals surface area contributed by atoms with Crippen LogP contribution in [0, 0.1) is 5.82 Å². The highest BCUT2D eigenvalue weighted by molar-refractivity contribution is 6.02. The van der Waals surface area contributed by atoms with Crippen molar-refractivity contribution in [3.05, 3.63) is 88.6 Å². The van der Waals surface area contributed by atoms with Crippen LogP contribution in [0.15, 0.2) is 66.1 Å². The molecule has 1 N–H and O–H groups in total. The van der Waals surface area contributed by atoms with E-state index in [0.717, 1.165) is 12.1 Å². The Bertz CT molecular complexity index is 1310. The molecule has 0 saturated carbocycles. The summed E-state index contributed by atoms with van der Waals surface area (Å²) in [4.78, 5) is 37.8. The van der Waals surface area contributed by atoms with Crippen molar-refractivity contribution in [1.29, 1.82) is 0 Å². The number of carbonyl (C=O) groups excluding carboxylic acids is 2. The molecule has 1 heterocycles. The van der Waals surface area contributed by atoms with E-state index in [-0.39, 0.29) is 23.3 Å². The van der Waals surface area contributed by atoms with Crippen LogP contribution >= 0.6 is 0 Å². The van der Waals surface area contributed by atoms with Gasteiger partial charge in [-0.05, 0) is 43.7 Å². The lowest BCUT2D eigenvalue weighted by Gasteiger charge is -2.16. The van der Waals surface area contributed by atoms with Gasteiger partial charge < -0.3 is 9.88 Å². The van der Waals surface area contributed by atoms with Gasteiger partial charge in [0.2, 0.25) is 5.91 Å². The number of allylic oxidation sites excluding steroid dienone is 1. The average Bonchev–Trinajstić information content (AvgIpc) is 2.78. The van der Waals surface area contributed by atoms with Crippen LogP contribution in [0.2, 0.25) is 0 Å². The highest BCUT2D eigenvalue weighted by Crippen LogP contribution is 2.33. The predicted molar refractivity (Wildman–Crippen MR) is 121 cm³/mol. The SMILES string of the molecule is C=CCCC(=O)[C@@H](C)n1ccc2c(NC(=O)Cc3c(F)cccc3C(F)(F)F)cccc2c1=O. The summed E-state index contributed by atoms with van der Waals surface area (Å²) < 4.78 is 55.0. The Kier molecular flexibility index (Phi) is 7.34. The molecule has 3 rings (SSSR count). The van der Waals surface area contributed by atoms with Crippen molar-refractivity contribution in [3.8, 4) is 0 Å². The van der Waals surface area contributed by atoms with Gasteiger partial charge in [-0.15, -0.1) is 6.58 Å². The smallest absolute Gasteiger partial charge is 0.325 e. The number of rotatable bonds is 8. The van der Waals surface area contributed by atoms with Gasteiger partial charge in [0.15, 0.2) is 5.78 Å². The molecule has 2 aromatic carbocycles. The molecule has 0 spiro atoms. The zero-order valence-electron chi connectivity index (χ0n) is 18.3. The van der Waals surface area contributed by atoms with Gasteiger partial charge >= 0.3 is 6.18 Å². The fraction of sp³-hybridized carbons (Fsp3) is 0.240. The van der Waals surface area contributed by atoms with Crippen LogP contribution in [-0.4, -0.2) is 16.3 Å². The molecule has 178 valence electrons. The summed E-state index contributed by atoms with van der Waals surface area (Å²) in [6, 6.07) is 7.82.